The monoisotopic (exact) mass is 556 g/mol. The second-order valence-electron chi connectivity index (χ2n) is 9.39. The van der Waals surface area contributed by atoms with Crippen molar-refractivity contribution in [3.05, 3.63) is 106 Å². The van der Waals surface area contributed by atoms with Crippen LogP contribution in [0.1, 0.15) is 49.8 Å². The van der Waals surface area contributed by atoms with E-state index in [9.17, 15) is 14.4 Å². The number of aromatic nitrogens is 1. The number of aryl methyl sites for hydroxylation is 1. The molecule has 0 bridgehead atoms. The highest BCUT2D eigenvalue weighted by molar-refractivity contribution is 7.09. The summed E-state index contributed by atoms with van der Waals surface area (Å²) in [6.07, 6.45) is 0.614. The Morgan fingerprint density at radius 1 is 0.950 bits per heavy atom. The highest BCUT2D eigenvalue weighted by atomic mass is 32.1. The summed E-state index contributed by atoms with van der Waals surface area (Å²) in [5.41, 5.74) is 15.2. The molecule has 0 saturated heterocycles. The Balaban J connectivity index is 1.87. The van der Waals surface area contributed by atoms with Crippen LogP contribution in [-0.4, -0.2) is 36.2 Å². The number of primary amides is 1. The quantitative estimate of drug-likeness (QED) is 0.269. The van der Waals surface area contributed by atoms with Gasteiger partial charge in [-0.3, -0.25) is 19.3 Å². The van der Waals surface area contributed by atoms with Gasteiger partial charge in [-0.15, -0.1) is 0 Å². The van der Waals surface area contributed by atoms with Gasteiger partial charge in [-0.25, -0.2) is 0 Å². The number of carbonyl (C=O) groups excluding carboxylic acids is 3. The Hall–Kier alpha value is -4.70. The number of hydrogen-bond acceptors (Lipinski definition) is 7. The van der Waals surface area contributed by atoms with Gasteiger partial charge in [-0.1, -0.05) is 67.6 Å². The van der Waals surface area contributed by atoms with Gasteiger partial charge in [0, 0.05) is 32.0 Å². The van der Waals surface area contributed by atoms with Crippen molar-refractivity contribution in [2.24, 2.45) is 5.73 Å². The summed E-state index contributed by atoms with van der Waals surface area (Å²) >= 11 is 0.785. The Morgan fingerprint density at radius 3 is 2.20 bits per heavy atom. The zero-order chi connectivity index (χ0) is 28.8. The molecule has 0 aliphatic carbocycles. The van der Waals surface area contributed by atoms with Crippen LogP contribution in [0.5, 0.6) is 0 Å². The molecule has 0 saturated carbocycles. The molecule has 3 amide bonds. The summed E-state index contributed by atoms with van der Waals surface area (Å²) < 4.78 is 4.03. The van der Waals surface area contributed by atoms with E-state index >= 15 is 0 Å². The molecule has 0 unspecified atom stereocenters. The van der Waals surface area contributed by atoms with Crippen LogP contribution in [0.25, 0.3) is 0 Å². The Labute approximate surface area is 237 Å². The lowest BCUT2D eigenvalue weighted by Crippen LogP contribution is -2.44. The number of nitrogen functional groups attached to an aromatic ring is 1. The fourth-order valence-electron chi connectivity index (χ4n) is 4.40. The van der Waals surface area contributed by atoms with Crippen molar-refractivity contribution in [3.63, 3.8) is 0 Å². The predicted molar refractivity (Wildman–Crippen MR) is 159 cm³/mol. The van der Waals surface area contributed by atoms with Crippen molar-refractivity contribution in [2.45, 2.75) is 25.9 Å². The van der Waals surface area contributed by atoms with Crippen LogP contribution in [0.4, 0.5) is 17.1 Å². The number of nitrogens with two attached hydrogens (primary N) is 2. The zero-order valence-corrected chi connectivity index (χ0v) is 23.4. The van der Waals surface area contributed by atoms with E-state index in [2.05, 4.69) is 9.69 Å². The van der Waals surface area contributed by atoms with E-state index in [0.717, 1.165) is 28.3 Å². The minimum Gasteiger partial charge on any atom is -0.395 e. The average molecular weight is 557 g/mol. The van der Waals surface area contributed by atoms with E-state index < -0.39 is 17.9 Å². The van der Waals surface area contributed by atoms with Crippen LogP contribution < -0.4 is 26.6 Å². The molecule has 5 N–H and O–H groups in total. The summed E-state index contributed by atoms with van der Waals surface area (Å²) in [4.78, 5) is 43.7. The lowest BCUT2D eigenvalue weighted by Gasteiger charge is -2.33. The lowest BCUT2D eigenvalue weighted by atomic mass is 9.99. The largest absolute Gasteiger partial charge is 0.395 e. The number of hydrogen-bond donors (Lipinski definition) is 3. The van der Waals surface area contributed by atoms with Crippen molar-refractivity contribution in [1.29, 1.82) is 0 Å². The van der Waals surface area contributed by atoms with Crippen LogP contribution in [0.2, 0.25) is 0 Å². The van der Waals surface area contributed by atoms with Gasteiger partial charge in [0.15, 0.2) is 5.69 Å². The maximum Gasteiger partial charge on any atom is 0.273 e. The van der Waals surface area contributed by atoms with E-state index in [-0.39, 0.29) is 28.7 Å². The highest BCUT2D eigenvalue weighted by Crippen LogP contribution is 2.35. The predicted octanol–water partition coefficient (Wildman–Crippen LogP) is 4.16. The van der Waals surface area contributed by atoms with Gasteiger partial charge >= 0.3 is 0 Å². The standard InChI is InChI=1S/C30H32N6O3S/c1-4-20-12-8-9-13-23(20)36(30(39)27-24(31)25(28(32)37)34-40-27)26(21-14-16-22(17-15-21)35(2)3)29(38)33-18-19-10-6-5-7-11-19/h5-17,26H,4,18,31H2,1-3H3,(H2,32,37)(H,33,38)/t26-/m1/s1. The third kappa shape index (κ3) is 5.97. The normalized spacial score (nSPS) is 11.5. The Bertz CT molecular complexity index is 1500. The first-order valence-electron chi connectivity index (χ1n) is 12.8. The van der Waals surface area contributed by atoms with E-state index in [4.69, 9.17) is 11.5 Å². The number of para-hydroxylation sites is 1. The number of nitrogens with zero attached hydrogens (tertiary/aromatic N) is 3. The minimum atomic E-state index is -1.06. The number of anilines is 3. The van der Waals surface area contributed by atoms with Gasteiger partial charge < -0.3 is 21.7 Å². The molecule has 40 heavy (non-hydrogen) atoms. The number of nitrogens with one attached hydrogen (secondary N) is 1. The number of rotatable bonds is 10. The minimum absolute atomic E-state index is 0.0328. The molecule has 1 atom stereocenters. The molecule has 1 heterocycles. The van der Waals surface area contributed by atoms with E-state index in [1.165, 1.54) is 4.90 Å². The number of carbonyl (C=O) groups is 3. The third-order valence-corrected chi connectivity index (χ3v) is 7.40. The molecule has 4 rings (SSSR count). The Morgan fingerprint density at radius 2 is 1.60 bits per heavy atom. The second kappa shape index (κ2) is 12.4. The molecular weight excluding hydrogens is 524 g/mol. The van der Waals surface area contributed by atoms with Crippen molar-refractivity contribution < 1.29 is 14.4 Å². The molecule has 4 aromatic rings. The summed E-state index contributed by atoms with van der Waals surface area (Å²) in [6, 6.07) is 23.3. The molecule has 3 aromatic carbocycles. The van der Waals surface area contributed by atoms with Gasteiger partial charge in [-0.2, -0.15) is 4.37 Å². The summed E-state index contributed by atoms with van der Waals surface area (Å²) in [7, 11) is 3.85. The molecule has 0 aliphatic rings. The number of amides is 3. The first kappa shape index (κ1) is 28.3. The van der Waals surface area contributed by atoms with Crippen LogP contribution in [0, 0.1) is 0 Å². The van der Waals surface area contributed by atoms with Crippen LogP contribution in [-0.2, 0) is 17.8 Å². The summed E-state index contributed by atoms with van der Waals surface area (Å²) in [5.74, 6) is -1.76. The fourth-order valence-corrected chi connectivity index (χ4v) is 5.15. The van der Waals surface area contributed by atoms with Crippen LogP contribution in [0.3, 0.4) is 0 Å². The van der Waals surface area contributed by atoms with Crippen molar-refractivity contribution in [2.75, 3.05) is 29.6 Å². The summed E-state index contributed by atoms with van der Waals surface area (Å²) in [5, 5.41) is 3.01. The Kier molecular flexibility index (Phi) is 8.80. The maximum atomic E-state index is 14.3. The molecule has 1 aromatic heterocycles. The average Bonchev–Trinajstić information content (AvgIpc) is 3.36. The zero-order valence-electron chi connectivity index (χ0n) is 22.6. The smallest absolute Gasteiger partial charge is 0.273 e. The van der Waals surface area contributed by atoms with Crippen molar-refractivity contribution in [3.8, 4) is 0 Å². The second-order valence-corrected chi connectivity index (χ2v) is 10.2. The van der Waals surface area contributed by atoms with Crippen LogP contribution in [0.15, 0.2) is 78.9 Å². The fraction of sp³-hybridized carbons (Fsp3) is 0.200. The number of benzene rings is 3. The van der Waals surface area contributed by atoms with Gasteiger partial charge in [0.05, 0.1) is 5.69 Å². The SMILES string of the molecule is CCc1ccccc1N(C(=O)c1snc(C(N)=O)c1N)[C@@H](C(=O)NCc1ccccc1)c1ccc(N(C)C)cc1. The summed E-state index contributed by atoms with van der Waals surface area (Å²) in [6.45, 7) is 2.25. The van der Waals surface area contributed by atoms with Gasteiger partial charge in [0.2, 0.25) is 5.91 Å². The topological polar surface area (TPSA) is 135 Å². The van der Waals surface area contributed by atoms with E-state index in [1.807, 2.05) is 98.7 Å². The first-order valence-corrected chi connectivity index (χ1v) is 13.6. The van der Waals surface area contributed by atoms with Gasteiger partial charge in [0.25, 0.3) is 11.8 Å². The molecule has 0 spiro atoms. The molecule has 206 valence electrons. The molecule has 9 nitrogen and oxygen atoms in total. The van der Waals surface area contributed by atoms with Crippen LogP contribution >= 0.6 is 11.5 Å². The van der Waals surface area contributed by atoms with E-state index in [1.54, 1.807) is 6.07 Å². The van der Waals surface area contributed by atoms with Crippen molar-refractivity contribution >= 4 is 46.3 Å². The van der Waals surface area contributed by atoms with Gasteiger partial charge in [-0.05, 0) is 52.8 Å². The van der Waals surface area contributed by atoms with Crippen molar-refractivity contribution in [1.82, 2.24) is 9.69 Å². The molecule has 10 heteroatoms. The van der Waals surface area contributed by atoms with Gasteiger partial charge in [0.1, 0.15) is 10.9 Å². The maximum absolute atomic E-state index is 14.3. The molecule has 0 aliphatic heterocycles. The lowest BCUT2D eigenvalue weighted by molar-refractivity contribution is -0.122. The molecule has 0 fully saturated rings. The van der Waals surface area contributed by atoms with E-state index in [0.29, 0.717) is 17.7 Å². The third-order valence-electron chi connectivity index (χ3n) is 6.55. The highest BCUT2D eigenvalue weighted by Gasteiger charge is 2.36. The molecular formula is C30H32N6O3S. The molecule has 0 radical (unpaired) electrons. The first-order chi connectivity index (χ1) is 19.2.